The van der Waals surface area contributed by atoms with E-state index in [1.807, 2.05) is 56.9 Å². The summed E-state index contributed by atoms with van der Waals surface area (Å²) in [5, 5.41) is 1.01. The molecule has 2 aromatic heterocycles. The number of nitrogens with zero attached hydrogens (tertiary/aromatic N) is 5. The summed E-state index contributed by atoms with van der Waals surface area (Å²) in [4.78, 5) is 38.8. The van der Waals surface area contributed by atoms with Crippen molar-refractivity contribution >= 4 is 46.1 Å². The second-order valence-electron chi connectivity index (χ2n) is 10.0. The van der Waals surface area contributed by atoms with Crippen molar-refractivity contribution in [2.24, 2.45) is 0 Å². The first-order valence-corrected chi connectivity index (χ1v) is 12.9. The van der Waals surface area contributed by atoms with E-state index >= 15 is 0 Å². The molecular formula is C26H31Cl2N5O3. The molecule has 1 aliphatic heterocycles. The normalized spacial score (nSPS) is 16.5. The maximum Gasteiger partial charge on any atom is 0.410 e. The molecule has 1 fully saturated rings. The average molecular weight is 532 g/mol. The average Bonchev–Trinajstić information content (AvgIpc) is 2.80. The third-order valence-corrected chi connectivity index (χ3v) is 6.73. The van der Waals surface area contributed by atoms with Crippen molar-refractivity contribution in [2.75, 3.05) is 24.5 Å². The molecule has 0 bridgehead atoms. The van der Waals surface area contributed by atoms with Gasteiger partial charge in [-0.25, -0.2) is 19.1 Å². The van der Waals surface area contributed by atoms with Crippen molar-refractivity contribution in [3.63, 3.8) is 0 Å². The molecule has 1 saturated heterocycles. The van der Waals surface area contributed by atoms with Gasteiger partial charge in [0.25, 0.3) is 0 Å². The van der Waals surface area contributed by atoms with Crippen molar-refractivity contribution in [3.8, 4) is 5.69 Å². The van der Waals surface area contributed by atoms with Gasteiger partial charge in [0.2, 0.25) is 0 Å². The maximum atomic E-state index is 13.5. The second kappa shape index (κ2) is 10.3. The van der Waals surface area contributed by atoms with Crippen LogP contribution in [0.1, 0.15) is 46.6 Å². The minimum absolute atomic E-state index is 0.116. The minimum Gasteiger partial charge on any atom is -0.444 e. The number of carbonyl (C=O) groups excluding carboxylic acids is 1. The van der Waals surface area contributed by atoms with Gasteiger partial charge in [-0.3, -0.25) is 0 Å². The lowest BCUT2D eigenvalue weighted by Crippen LogP contribution is -2.55. The van der Waals surface area contributed by atoms with Gasteiger partial charge in [0, 0.05) is 25.7 Å². The van der Waals surface area contributed by atoms with E-state index in [0.29, 0.717) is 36.5 Å². The molecule has 0 aliphatic carbocycles. The number of anilines is 1. The Morgan fingerprint density at radius 3 is 2.56 bits per heavy atom. The fourth-order valence-corrected chi connectivity index (χ4v) is 4.78. The fourth-order valence-electron chi connectivity index (χ4n) is 4.49. The fraction of sp³-hybridized carbons (Fsp3) is 0.462. The number of piperazine rings is 1. The Labute approximate surface area is 220 Å². The Hall–Kier alpha value is -2.84. The van der Waals surface area contributed by atoms with Gasteiger partial charge in [0.05, 0.1) is 16.1 Å². The van der Waals surface area contributed by atoms with Crippen molar-refractivity contribution in [1.82, 2.24) is 19.4 Å². The van der Waals surface area contributed by atoms with Crippen LogP contribution in [0.3, 0.4) is 0 Å². The van der Waals surface area contributed by atoms with E-state index < -0.39 is 11.3 Å². The summed E-state index contributed by atoms with van der Waals surface area (Å²) in [6, 6.07) is 9.31. The predicted molar refractivity (Wildman–Crippen MR) is 144 cm³/mol. The molecule has 10 heteroatoms. The van der Waals surface area contributed by atoms with Crippen LogP contribution in [0.4, 0.5) is 10.6 Å². The van der Waals surface area contributed by atoms with Crippen LogP contribution in [0.15, 0.2) is 35.1 Å². The van der Waals surface area contributed by atoms with Crippen LogP contribution in [0.5, 0.6) is 0 Å². The van der Waals surface area contributed by atoms with E-state index in [1.54, 1.807) is 11.0 Å². The molecule has 1 atom stereocenters. The van der Waals surface area contributed by atoms with Crippen LogP contribution in [0.25, 0.3) is 16.7 Å². The Morgan fingerprint density at radius 1 is 1.17 bits per heavy atom. The van der Waals surface area contributed by atoms with Crippen molar-refractivity contribution in [1.29, 1.82) is 0 Å². The first-order chi connectivity index (χ1) is 17.0. The molecule has 8 nitrogen and oxygen atoms in total. The van der Waals surface area contributed by atoms with Gasteiger partial charge in [-0.05, 0) is 51.8 Å². The Balaban J connectivity index is 1.80. The largest absolute Gasteiger partial charge is 0.444 e. The Morgan fingerprint density at radius 2 is 1.89 bits per heavy atom. The zero-order valence-corrected chi connectivity index (χ0v) is 22.7. The summed E-state index contributed by atoms with van der Waals surface area (Å²) in [6.45, 7) is 10.9. The Kier molecular flexibility index (Phi) is 7.48. The Bertz CT molecular complexity index is 1350. The maximum absolute atomic E-state index is 13.5. The van der Waals surface area contributed by atoms with Crippen molar-refractivity contribution < 1.29 is 9.53 Å². The number of amides is 1. The third kappa shape index (κ3) is 5.30. The van der Waals surface area contributed by atoms with Crippen molar-refractivity contribution in [2.45, 2.75) is 59.1 Å². The third-order valence-electron chi connectivity index (χ3n) is 6.06. The summed E-state index contributed by atoms with van der Waals surface area (Å²) in [5.74, 6) is 0.474. The van der Waals surface area contributed by atoms with Gasteiger partial charge in [0.1, 0.15) is 16.6 Å². The van der Waals surface area contributed by atoms with Gasteiger partial charge in [-0.15, -0.1) is 0 Å². The summed E-state index contributed by atoms with van der Waals surface area (Å²) in [6.07, 6.45) is 1.37. The number of fused-ring (bicyclic) bond motifs is 1. The van der Waals surface area contributed by atoms with Crippen LogP contribution >= 0.6 is 23.2 Å². The molecule has 0 radical (unpaired) electrons. The molecule has 36 heavy (non-hydrogen) atoms. The van der Waals surface area contributed by atoms with E-state index in [1.165, 1.54) is 4.57 Å². The lowest BCUT2D eigenvalue weighted by Gasteiger charge is -2.41. The first kappa shape index (κ1) is 26.2. The molecule has 0 spiro atoms. The minimum atomic E-state index is -0.574. The van der Waals surface area contributed by atoms with Crippen LogP contribution in [-0.2, 0) is 11.2 Å². The van der Waals surface area contributed by atoms with Crippen LogP contribution in [0.2, 0.25) is 10.2 Å². The SMILES string of the molecule is CCCc1ccccc1-n1c(=O)nc(N2CCN(C(=O)OC(C)(C)C)C[C@@H]2C)c2cc(Cl)c(Cl)nc21. The smallest absolute Gasteiger partial charge is 0.410 e. The van der Waals surface area contributed by atoms with Crippen LogP contribution in [0, 0.1) is 0 Å². The van der Waals surface area contributed by atoms with Crippen molar-refractivity contribution in [3.05, 3.63) is 56.6 Å². The first-order valence-electron chi connectivity index (χ1n) is 12.1. The van der Waals surface area contributed by atoms with Gasteiger partial charge in [0.15, 0.2) is 5.65 Å². The molecule has 0 unspecified atom stereocenters. The highest BCUT2D eigenvalue weighted by molar-refractivity contribution is 6.41. The van der Waals surface area contributed by atoms with Gasteiger partial charge >= 0.3 is 11.8 Å². The highest BCUT2D eigenvalue weighted by atomic mass is 35.5. The quantitative estimate of drug-likeness (QED) is 0.414. The molecule has 1 amide bonds. The number of aromatic nitrogens is 3. The number of pyridine rings is 1. The molecule has 3 heterocycles. The second-order valence-corrected chi connectivity index (χ2v) is 10.8. The number of aryl methyl sites for hydroxylation is 1. The molecule has 4 rings (SSSR count). The lowest BCUT2D eigenvalue weighted by molar-refractivity contribution is 0.0218. The van der Waals surface area contributed by atoms with Gasteiger partial charge < -0.3 is 14.5 Å². The lowest BCUT2D eigenvalue weighted by atomic mass is 10.1. The zero-order valence-electron chi connectivity index (χ0n) is 21.2. The number of hydrogen-bond acceptors (Lipinski definition) is 6. The predicted octanol–water partition coefficient (Wildman–Crippen LogP) is 5.49. The molecule has 1 aliphatic rings. The van der Waals surface area contributed by atoms with Crippen LogP contribution in [-0.4, -0.2) is 56.8 Å². The highest BCUT2D eigenvalue weighted by Crippen LogP contribution is 2.32. The molecule has 0 saturated carbocycles. The summed E-state index contributed by atoms with van der Waals surface area (Å²) < 4.78 is 7.05. The van der Waals surface area contributed by atoms with Gasteiger partial charge in [-0.1, -0.05) is 54.7 Å². The highest BCUT2D eigenvalue weighted by Gasteiger charge is 2.32. The zero-order chi connectivity index (χ0) is 26.2. The summed E-state index contributed by atoms with van der Waals surface area (Å²) in [5.41, 5.74) is 1.11. The molecule has 3 aromatic rings. The van der Waals surface area contributed by atoms with E-state index in [-0.39, 0.29) is 22.3 Å². The standard InChI is InChI=1S/C26H31Cl2N5O3/c1-6-9-17-10-7-8-11-20(17)33-23-18(14-19(27)21(28)29-23)22(30-24(33)34)32-13-12-31(15-16(32)2)25(35)36-26(3,4)5/h7-8,10-11,14,16H,6,9,12-13,15H2,1-5H3/t16-/m0/s1. The number of carbonyl (C=O) groups is 1. The van der Waals surface area contributed by atoms with E-state index in [0.717, 1.165) is 24.1 Å². The molecular weight excluding hydrogens is 501 g/mol. The summed E-state index contributed by atoms with van der Waals surface area (Å²) >= 11 is 12.7. The van der Waals surface area contributed by atoms with E-state index in [4.69, 9.17) is 27.9 Å². The molecule has 0 N–H and O–H groups in total. The number of rotatable bonds is 4. The monoisotopic (exact) mass is 531 g/mol. The summed E-state index contributed by atoms with van der Waals surface area (Å²) in [7, 11) is 0. The van der Waals surface area contributed by atoms with E-state index in [9.17, 15) is 9.59 Å². The number of ether oxygens (including phenoxy) is 1. The molecule has 1 aromatic carbocycles. The molecule has 192 valence electrons. The number of halogens is 2. The number of hydrogen-bond donors (Lipinski definition) is 0. The number of para-hydroxylation sites is 1. The van der Waals surface area contributed by atoms with Crippen LogP contribution < -0.4 is 10.6 Å². The topological polar surface area (TPSA) is 80.6 Å². The van der Waals surface area contributed by atoms with Gasteiger partial charge in [-0.2, -0.15) is 4.98 Å². The number of benzene rings is 1. The van der Waals surface area contributed by atoms with E-state index in [2.05, 4.69) is 16.9 Å².